The van der Waals surface area contributed by atoms with Crippen molar-refractivity contribution in [3.8, 4) is 5.75 Å². The first-order valence-electron chi connectivity index (χ1n) is 8.93. The molecule has 0 bridgehead atoms. The molecule has 0 unspecified atom stereocenters. The van der Waals surface area contributed by atoms with E-state index in [4.69, 9.17) is 8.60 Å². The largest absolute Gasteiger partial charge is 0.460 e. The maximum Gasteiger partial charge on any atom is 0.306 e. The Labute approximate surface area is 167 Å². The van der Waals surface area contributed by atoms with Crippen molar-refractivity contribution in [2.45, 2.75) is 26.2 Å². The summed E-state index contributed by atoms with van der Waals surface area (Å²) in [6, 6.07) is 9.81. The Morgan fingerprint density at radius 1 is 1.17 bits per heavy atom. The van der Waals surface area contributed by atoms with Gasteiger partial charge in [-0.1, -0.05) is 13.3 Å². The highest BCUT2D eigenvalue weighted by Crippen LogP contribution is 2.32. The number of unbranched alkanes of at least 4 members (excludes halogenated alkanes) is 1. The molecule has 0 atom stereocenters. The first kappa shape index (κ1) is 20.5. The summed E-state index contributed by atoms with van der Waals surface area (Å²) in [5, 5.41) is 11.5. The smallest absolute Gasteiger partial charge is 0.306 e. The van der Waals surface area contributed by atoms with Crippen LogP contribution in [0.5, 0.6) is 5.75 Å². The molecular weight excluding hydrogens is 398 g/mol. The molecule has 0 fully saturated rings. The molecule has 0 aliphatic heterocycles. The minimum Gasteiger partial charge on any atom is -0.460 e. The van der Waals surface area contributed by atoms with Crippen LogP contribution < -0.4 is 4.18 Å². The van der Waals surface area contributed by atoms with Gasteiger partial charge in [-0.05, 0) is 36.8 Å². The number of rotatable bonds is 8. The molecule has 0 saturated carbocycles. The summed E-state index contributed by atoms with van der Waals surface area (Å²) < 4.78 is 33.1. The number of nitro groups is 1. The normalized spacial score (nSPS) is 11.5. The maximum absolute atomic E-state index is 13.2. The second kappa shape index (κ2) is 8.04. The fourth-order valence-corrected chi connectivity index (χ4v) is 3.45. The average Bonchev–Trinajstić information content (AvgIpc) is 3.02. The summed E-state index contributed by atoms with van der Waals surface area (Å²) in [6.45, 7) is 2.01. The third-order valence-electron chi connectivity index (χ3n) is 4.30. The van der Waals surface area contributed by atoms with Gasteiger partial charge >= 0.3 is 10.1 Å². The van der Waals surface area contributed by atoms with E-state index in [1.54, 1.807) is 0 Å². The zero-order valence-corrected chi connectivity index (χ0v) is 16.7. The van der Waals surface area contributed by atoms with Crippen molar-refractivity contribution < 1.29 is 26.7 Å². The fraction of sp³-hybridized carbons (Fsp3) is 0.250. The van der Waals surface area contributed by atoms with Gasteiger partial charge in [0.1, 0.15) is 17.1 Å². The van der Waals surface area contributed by atoms with Crippen molar-refractivity contribution in [3.63, 3.8) is 0 Å². The molecule has 1 aromatic heterocycles. The number of carbonyl (C=O) groups excluding carboxylic acids is 1. The molecule has 0 spiro atoms. The van der Waals surface area contributed by atoms with E-state index >= 15 is 0 Å². The van der Waals surface area contributed by atoms with Crippen molar-refractivity contribution in [2.24, 2.45) is 0 Å². The molecule has 8 nitrogen and oxygen atoms in total. The van der Waals surface area contributed by atoms with E-state index in [9.17, 15) is 23.3 Å². The van der Waals surface area contributed by atoms with Gasteiger partial charge in [0.2, 0.25) is 0 Å². The van der Waals surface area contributed by atoms with Gasteiger partial charge in [0.25, 0.3) is 5.69 Å². The van der Waals surface area contributed by atoms with E-state index in [1.165, 1.54) is 42.5 Å². The van der Waals surface area contributed by atoms with Gasteiger partial charge in [-0.3, -0.25) is 14.9 Å². The summed E-state index contributed by atoms with van der Waals surface area (Å²) in [4.78, 5) is 23.8. The zero-order chi connectivity index (χ0) is 21.2. The Hall–Kier alpha value is -3.20. The van der Waals surface area contributed by atoms with Crippen molar-refractivity contribution >= 4 is 32.6 Å². The van der Waals surface area contributed by atoms with E-state index in [2.05, 4.69) is 0 Å². The predicted molar refractivity (Wildman–Crippen MR) is 107 cm³/mol. The monoisotopic (exact) mass is 417 g/mol. The van der Waals surface area contributed by atoms with Crippen LogP contribution >= 0.6 is 0 Å². The molecule has 0 radical (unpaired) electrons. The molecule has 1 heterocycles. The molecule has 3 rings (SSSR count). The predicted octanol–water partition coefficient (Wildman–Crippen LogP) is 4.25. The number of nitrogens with zero attached hydrogens (tertiary/aromatic N) is 1. The minimum atomic E-state index is -3.68. The SMILES string of the molecule is CCCCc1oc2ccc([N+](=O)[O-])cc2c1C(=O)c1ccc(OS(C)(=O)=O)cc1. The molecule has 0 amide bonds. The summed E-state index contributed by atoms with van der Waals surface area (Å²) >= 11 is 0. The van der Waals surface area contributed by atoms with Gasteiger partial charge in [-0.15, -0.1) is 0 Å². The van der Waals surface area contributed by atoms with Crippen LogP contribution in [0.3, 0.4) is 0 Å². The number of non-ortho nitro benzene ring substituents is 1. The molecule has 152 valence electrons. The van der Waals surface area contributed by atoms with Crippen molar-refractivity contribution in [3.05, 3.63) is 69.5 Å². The summed E-state index contributed by atoms with van der Waals surface area (Å²) in [6.07, 6.45) is 3.14. The van der Waals surface area contributed by atoms with Gasteiger partial charge in [0, 0.05) is 29.5 Å². The molecule has 29 heavy (non-hydrogen) atoms. The number of hydrogen-bond donors (Lipinski definition) is 0. The molecule has 9 heteroatoms. The summed E-state index contributed by atoms with van der Waals surface area (Å²) in [7, 11) is -3.68. The Morgan fingerprint density at radius 2 is 1.86 bits per heavy atom. The highest BCUT2D eigenvalue weighted by Gasteiger charge is 2.23. The Morgan fingerprint density at radius 3 is 2.45 bits per heavy atom. The summed E-state index contributed by atoms with van der Waals surface area (Å²) in [5.74, 6) is 0.202. The van der Waals surface area contributed by atoms with Crippen LogP contribution in [0.15, 0.2) is 46.9 Å². The van der Waals surface area contributed by atoms with Crippen LogP contribution in [0, 0.1) is 10.1 Å². The van der Waals surface area contributed by atoms with E-state index < -0.39 is 15.0 Å². The average molecular weight is 417 g/mol. The van der Waals surface area contributed by atoms with Crippen LogP contribution in [-0.4, -0.2) is 25.4 Å². The van der Waals surface area contributed by atoms with Crippen LogP contribution in [0.4, 0.5) is 5.69 Å². The number of benzene rings is 2. The van der Waals surface area contributed by atoms with Crippen LogP contribution in [0.25, 0.3) is 11.0 Å². The topological polar surface area (TPSA) is 117 Å². The highest BCUT2D eigenvalue weighted by atomic mass is 32.2. The number of furan rings is 1. The Balaban J connectivity index is 2.06. The van der Waals surface area contributed by atoms with Crippen LogP contribution in [0.1, 0.15) is 41.4 Å². The van der Waals surface area contributed by atoms with E-state index in [0.717, 1.165) is 19.1 Å². The Bertz CT molecular complexity index is 1180. The van der Waals surface area contributed by atoms with E-state index in [1.807, 2.05) is 6.92 Å². The minimum absolute atomic E-state index is 0.0861. The van der Waals surface area contributed by atoms with E-state index in [0.29, 0.717) is 23.2 Å². The van der Waals surface area contributed by atoms with Crippen LogP contribution in [-0.2, 0) is 16.5 Å². The lowest BCUT2D eigenvalue weighted by Crippen LogP contribution is -2.07. The number of hydrogen-bond acceptors (Lipinski definition) is 7. The van der Waals surface area contributed by atoms with Crippen molar-refractivity contribution in [1.82, 2.24) is 0 Å². The molecule has 0 aliphatic carbocycles. The molecule has 2 aromatic carbocycles. The number of ketones is 1. The van der Waals surface area contributed by atoms with Crippen molar-refractivity contribution in [1.29, 1.82) is 0 Å². The number of fused-ring (bicyclic) bond motifs is 1. The molecular formula is C20H19NO7S. The molecule has 0 N–H and O–H groups in total. The number of nitro benzene ring substituents is 1. The Kier molecular flexibility index (Phi) is 5.69. The first-order chi connectivity index (χ1) is 13.7. The molecule has 0 aliphatic rings. The second-order valence-electron chi connectivity index (χ2n) is 6.58. The molecule has 3 aromatic rings. The zero-order valence-electron chi connectivity index (χ0n) is 15.9. The van der Waals surface area contributed by atoms with Gasteiger partial charge in [0.05, 0.1) is 16.7 Å². The van der Waals surface area contributed by atoms with Gasteiger partial charge < -0.3 is 8.60 Å². The lowest BCUT2D eigenvalue weighted by molar-refractivity contribution is -0.384. The number of aryl methyl sites for hydroxylation is 1. The third kappa shape index (κ3) is 4.62. The lowest BCUT2D eigenvalue weighted by Gasteiger charge is -2.05. The van der Waals surface area contributed by atoms with Crippen LogP contribution in [0.2, 0.25) is 0 Å². The third-order valence-corrected chi connectivity index (χ3v) is 4.80. The lowest BCUT2D eigenvalue weighted by atomic mass is 9.98. The summed E-state index contributed by atoms with van der Waals surface area (Å²) in [5.41, 5.74) is 0.847. The highest BCUT2D eigenvalue weighted by molar-refractivity contribution is 7.86. The second-order valence-corrected chi connectivity index (χ2v) is 8.16. The van der Waals surface area contributed by atoms with Gasteiger partial charge in [-0.25, -0.2) is 0 Å². The molecule has 0 saturated heterocycles. The quantitative estimate of drug-likeness (QED) is 0.233. The standard InChI is InChI=1S/C20H19NO7S/c1-3-4-5-18-19(16-12-14(21(23)24)8-11-17(16)27-18)20(22)13-6-9-15(10-7-13)28-29(2,25)26/h6-12H,3-5H2,1-2H3. The van der Waals surface area contributed by atoms with Crippen molar-refractivity contribution in [2.75, 3.05) is 6.26 Å². The maximum atomic E-state index is 13.2. The van der Waals surface area contributed by atoms with E-state index in [-0.39, 0.29) is 28.3 Å². The number of carbonyl (C=O) groups is 1. The first-order valence-corrected chi connectivity index (χ1v) is 10.8. The fourth-order valence-electron chi connectivity index (χ4n) is 2.99. The van der Waals surface area contributed by atoms with Gasteiger partial charge in [0.15, 0.2) is 5.78 Å². The van der Waals surface area contributed by atoms with Gasteiger partial charge in [-0.2, -0.15) is 8.42 Å².